The van der Waals surface area contributed by atoms with Crippen LogP contribution in [0.2, 0.25) is 5.02 Å². The van der Waals surface area contributed by atoms with Crippen molar-refractivity contribution in [3.05, 3.63) is 52.7 Å². The molecule has 21 heavy (non-hydrogen) atoms. The van der Waals surface area contributed by atoms with E-state index in [0.29, 0.717) is 22.1 Å². The number of nitrogens with one attached hydrogen (secondary N) is 2. The molecule has 0 aliphatic carbocycles. The summed E-state index contributed by atoms with van der Waals surface area (Å²) in [7, 11) is 0. The zero-order chi connectivity index (χ0) is 15.2. The van der Waals surface area contributed by atoms with Gasteiger partial charge < -0.3 is 10.6 Å². The lowest BCUT2D eigenvalue weighted by atomic mass is 10.2. The molecule has 1 heterocycles. The Bertz CT molecular complexity index is 643. The number of carbonyl (C=O) groups is 1. The van der Waals surface area contributed by atoms with E-state index in [4.69, 9.17) is 11.6 Å². The molecule has 4 nitrogen and oxygen atoms in total. The lowest BCUT2D eigenvalue weighted by Gasteiger charge is -2.10. The highest BCUT2D eigenvalue weighted by molar-refractivity contribution is 6.31. The second-order valence-corrected chi connectivity index (χ2v) is 5.13. The normalized spacial score (nSPS) is 10.2. The van der Waals surface area contributed by atoms with Gasteiger partial charge in [-0.2, -0.15) is 0 Å². The molecular weight excluding hydrogens is 286 g/mol. The lowest BCUT2D eigenvalue weighted by molar-refractivity contribution is 0.102. The first-order valence-corrected chi connectivity index (χ1v) is 7.26. The largest absolute Gasteiger partial charge is 0.370 e. The molecule has 0 fully saturated rings. The van der Waals surface area contributed by atoms with Crippen LogP contribution in [0.5, 0.6) is 0 Å². The van der Waals surface area contributed by atoms with Crippen molar-refractivity contribution in [2.45, 2.75) is 20.3 Å². The molecule has 0 saturated carbocycles. The van der Waals surface area contributed by atoms with Crippen LogP contribution in [0, 0.1) is 6.92 Å². The Balaban J connectivity index is 2.15. The van der Waals surface area contributed by atoms with Crippen LogP contribution >= 0.6 is 11.6 Å². The van der Waals surface area contributed by atoms with E-state index in [2.05, 4.69) is 22.5 Å². The minimum Gasteiger partial charge on any atom is -0.370 e. The van der Waals surface area contributed by atoms with Gasteiger partial charge in [0.1, 0.15) is 5.82 Å². The summed E-state index contributed by atoms with van der Waals surface area (Å²) in [5.74, 6) is 0.523. The zero-order valence-corrected chi connectivity index (χ0v) is 12.9. The minimum atomic E-state index is -0.178. The van der Waals surface area contributed by atoms with Crippen LogP contribution in [-0.4, -0.2) is 17.4 Å². The van der Waals surface area contributed by atoms with Crippen molar-refractivity contribution in [3.8, 4) is 0 Å². The Kier molecular flexibility index (Phi) is 5.17. The molecule has 0 aliphatic heterocycles. The Morgan fingerprint density at radius 1 is 1.33 bits per heavy atom. The number of hydrogen-bond acceptors (Lipinski definition) is 3. The van der Waals surface area contributed by atoms with E-state index < -0.39 is 0 Å². The van der Waals surface area contributed by atoms with Gasteiger partial charge >= 0.3 is 0 Å². The summed E-state index contributed by atoms with van der Waals surface area (Å²) >= 11 is 6.05. The third kappa shape index (κ3) is 3.95. The molecular formula is C16H18ClN3O. The van der Waals surface area contributed by atoms with Gasteiger partial charge in [0, 0.05) is 29.0 Å². The average Bonchev–Trinajstić information content (AvgIpc) is 2.50. The number of rotatable bonds is 5. The molecule has 2 aromatic rings. The van der Waals surface area contributed by atoms with E-state index in [9.17, 15) is 4.79 Å². The molecule has 2 N–H and O–H groups in total. The monoisotopic (exact) mass is 303 g/mol. The summed E-state index contributed by atoms with van der Waals surface area (Å²) in [6.45, 7) is 4.77. The van der Waals surface area contributed by atoms with Gasteiger partial charge in [0.15, 0.2) is 0 Å². The number of amides is 1. The first kappa shape index (κ1) is 15.3. The predicted octanol–water partition coefficient (Wildman–Crippen LogP) is 4.12. The molecule has 1 aromatic carbocycles. The molecule has 0 radical (unpaired) electrons. The van der Waals surface area contributed by atoms with Gasteiger partial charge in [-0.1, -0.05) is 24.6 Å². The number of pyridine rings is 1. The Morgan fingerprint density at radius 3 is 2.90 bits per heavy atom. The van der Waals surface area contributed by atoms with Gasteiger partial charge in [0.25, 0.3) is 5.91 Å². The van der Waals surface area contributed by atoms with Crippen LogP contribution in [0.15, 0.2) is 36.5 Å². The van der Waals surface area contributed by atoms with Gasteiger partial charge in [-0.3, -0.25) is 4.79 Å². The quantitative estimate of drug-likeness (QED) is 0.873. The molecule has 2 rings (SSSR count). The summed E-state index contributed by atoms with van der Waals surface area (Å²) in [6.07, 6.45) is 2.62. The van der Waals surface area contributed by atoms with E-state index in [-0.39, 0.29) is 5.91 Å². The predicted molar refractivity (Wildman–Crippen MR) is 87.2 cm³/mol. The van der Waals surface area contributed by atoms with E-state index in [0.717, 1.165) is 18.5 Å². The maximum atomic E-state index is 12.3. The van der Waals surface area contributed by atoms with Gasteiger partial charge in [0.05, 0.1) is 0 Å². The fourth-order valence-electron chi connectivity index (χ4n) is 1.86. The summed E-state index contributed by atoms with van der Waals surface area (Å²) in [4.78, 5) is 16.5. The van der Waals surface area contributed by atoms with Crippen LogP contribution in [0.3, 0.4) is 0 Å². The molecule has 0 atom stereocenters. The van der Waals surface area contributed by atoms with Crippen LogP contribution < -0.4 is 10.6 Å². The molecule has 0 spiro atoms. The molecule has 0 bridgehead atoms. The van der Waals surface area contributed by atoms with Gasteiger partial charge in [0.2, 0.25) is 0 Å². The summed E-state index contributed by atoms with van der Waals surface area (Å²) in [5.41, 5.74) is 2.13. The van der Waals surface area contributed by atoms with Crippen molar-refractivity contribution < 1.29 is 4.79 Å². The second kappa shape index (κ2) is 7.09. The summed E-state index contributed by atoms with van der Waals surface area (Å²) in [5, 5.41) is 6.67. The minimum absolute atomic E-state index is 0.178. The standard InChI is InChI=1S/C16H18ClN3O/c1-3-8-18-15-10-12(7-9-19-15)16(21)20-14-6-4-5-13(17)11(14)2/h4-7,9-10H,3,8H2,1-2H3,(H,18,19)(H,20,21). The van der Waals surface area contributed by atoms with Crippen molar-refractivity contribution >= 4 is 29.0 Å². The van der Waals surface area contributed by atoms with Crippen LogP contribution in [-0.2, 0) is 0 Å². The fourth-order valence-corrected chi connectivity index (χ4v) is 2.03. The van der Waals surface area contributed by atoms with Crippen molar-refractivity contribution in [2.24, 2.45) is 0 Å². The molecule has 5 heteroatoms. The lowest BCUT2D eigenvalue weighted by Crippen LogP contribution is -2.13. The number of aromatic nitrogens is 1. The molecule has 0 aliphatic rings. The number of hydrogen-bond donors (Lipinski definition) is 2. The van der Waals surface area contributed by atoms with Gasteiger partial charge in [-0.05, 0) is 43.2 Å². The van der Waals surface area contributed by atoms with Crippen molar-refractivity contribution in [3.63, 3.8) is 0 Å². The summed E-state index contributed by atoms with van der Waals surface area (Å²) < 4.78 is 0. The van der Waals surface area contributed by atoms with Crippen molar-refractivity contribution in [2.75, 3.05) is 17.2 Å². The van der Waals surface area contributed by atoms with Crippen LogP contribution in [0.1, 0.15) is 29.3 Å². The van der Waals surface area contributed by atoms with Gasteiger partial charge in [-0.25, -0.2) is 4.98 Å². The highest BCUT2D eigenvalue weighted by Gasteiger charge is 2.10. The van der Waals surface area contributed by atoms with E-state index in [1.54, 1.807) is 24.4 Å². The molecule has 1 amide bonds. The average molecular weight is 304 g/mol. The Hall–Kier alpha value is -2.07. The van der Waals surface area contributed by atoms with Crippen LogP contribution in [0.25, 0.3) is 0 Å². The smallest absolute Gasteiger partial charge is 0.255 e. The van der Waals surface area contributed by atoms with E-state index in [1.165, 1.54) is 0 Å². The zero-order valence-electron chi connectivity index (χ0n) is 12.1. The molecule has 0 unspecified atom stereocenters. The molecule has 0 saturated heterocycles. The van der Waals surface area contributed by atoms with E-state index >= 15 is 0 Å². The van der Waals surface area contributed by atoms with Crippen molar-refractivity contribution in [1.29, 1.82) is 0 Å². The topological polar surface area (TPSA) is 54.0 Å². The summed E-state index contributed by atoms with van der Waals surface area (Å²) in [6, 6.07) is 8.87. The highest BCUT2D eigenvalue weighted by atomic mass is 35.5. The van der Waals surface area contributed by atoms with Crippen molar-refractivity contribution in [1.82, 2.24) is 4.98 Å². The van der Waals surface area contributed by atoms with Crippen LogP contribution in [0.4, 0.5) is 11.5 Å². The molecule has 1 aromatic heterocycles. The number of carbonyl (C=O) groups excluding carboxylic acids is 1. The third-order valence-corrected chi connectivity index (χ3v) is 3.50. The fraction of sp³-hybridized carbons (Fsp3) is 0.250. The third-order valence-electron chi connectivity index (χ3n) is 3.09. The highest BCUT2D eigenvalue weighted by Crippen LogP contribution is 2.23. The van der Waals surface area contributed by atoms with E-state index in [1.807, 2.05) is 19.1 Å². The Morgan fingerprint density at radius 2 is 2.14 bits per heavy atom. The van der Waals surface area contributed by atoms with Gasteiger partial charge in [-0.15, -0.1) is 0 Å². The number of benzene rings is 1. The first-order valence-electron chi connectivity index (χ1n) is 6.88. The second-order valence-electron chi connectivity index (χ2n) is 4.72. The first-order chi connectivity index (χ1) is 10.1. The maximum absolute atomic E-state index is 12.3. The number of halogens is 1. The maximum Gasteiger partial charge on any atom is 0.255 e. The SMILES string of the molecule is CCCNc1cc(C(=O)Nc2cccc(Cl)c2C)ccn1. The molecule has 110 valence electrons. The number of nitrogens with zero attached hydrogens (tertiary/aromatic N) is 1. The number of anilines is 2. The Labute approximate surface area is 129 Å².